The first-order valence-corrected chi connectivity index (χ1v) is 8.54. The van der Waals surface area contributed by atoms with Crippen LogP contribution in [0.2, 0.25) is 0 Å². The smallest absolute Gasteiger partial charge is 0.0555 e. The van der Waals surface area contributed by atoms with E-state index in [-0.39, 0.29) is 6.10 Å². The zero-order chi connectivity index (χ0) is 14.8. The molecule has 3 nitrogen and oxygen atoms in total. The van der Waals surface area contributed by atoms with Gasteiger partial charge in [0.15, 0.2) is 0 Å². The molecule has 1 N–H and O–H groups in total. The van der Waals surface area contributed by atoms with Crippen LogP contribution in [0.15, 0.2) is 0 Å². The van der Waals surface area contributed by atoms with Crippen LogP contribution >= 0.6 is 0 Å². The fraction of sp³-hybridized carbons (Fsp3) is 1.00. The molecule has 0 radical (unpaired) electrons. The third-order valence-corrected chi connectivity index (χ3v) is 5.93. The molecule has 20 heavy (non-hydrogen) atoms. The van der Waals surface area contributed by atoms with E-state index in [0.717, 1.165) is 18.8 Å². The summed E-state index contributed by atoms with van der Waals surface area (Å²) in [4.78, 5) is 5.13. The molecule has 2 aliphatic rings. The number of hydrogen-bond acceptors (Lipinski definition) is 3. The van der Waals surface area contributed by atoms with Gasteiger partial charge in [0.05, 0.1) is 6.10 Å². The van der Waals surface area contributed by atoms with Gasteiger partial charge in [0.2, 0.25) is 0 Å². The largest absolute Gasteiger partial charge is 0.393 e. The number of aliphatic hydroxyl groups excluding tert-OH is 1. The summed E-state index contributed by atoms with van der Waals surface area (Å²) >= 11 is 0. The highest BCUT2D eigenvalue weighted by atomic mass is 16.3. The number of likely N-dealkylation sites (N-methyl/N-ethyl adjacent to an activating group) is 1. The summed E-state index contributed by atoms with van der Waals surface area (Å²) in [6.45, 7) is 11.9. The van der Waals surface area contributed by atoms with Crippen molar-refractivity contribution in [2.75, 3.05) is 33.2 Å². The molecule has 0 aromatic heterocycles. The van der Waals surface area contributed by atoms with E-state index in [1.807, 2.05) is 0 Å². The van der Waals surface area contributed by atoms with Gasteiger partial charge in [-0.1, -0.05) is 27.2 Å². The maximum Gasteiger partial charge on any atom is 0.0555 e. The highest BCUT2D eigenvalue weighted by molar-refractivity contribution is 4.94. The molecule has 1 saturated carbocycles. The lowest BCUT2D eigenvalue weighted by atomic mass is 9.66. The highest BCUT2D eigenvalue weighted by Gasteiger charge is 2.41. The van der Waals surface area contributed by atoms with E-state index in [1.165, 1.54) is 45.4 Å². The summed E-state index contributed by atoms with van der Waals surface area (Å²) in [5.74, 6) is 0.735. The minimum atomic E-state index is -0.0788. The molecule has 2 rings (SSSR count). The van der Waals surface area contributed by atoms with Crippen molar-refractivity contribution < 1.29 is 5.11 Å². The Balaban J connectivity index is 2.11. The average Bonchev–Trinajstić information content (AvgIpc) is 2.63. The summed E-state index contributed by atoms with van der Waals surface area (Å²) in [6, 6.07) is 0.584. The molecule has 0 aromatic rings. The van der Waals surface area contributed by atoms with Gasteiger partial charge in [-0.15, -0.1) is 0 Å². The molecule has 1 heterocycles. The monoisotopic (exact) mass is 282 g/mol. The fourth-order valence-corrected chi connectivity index (χ4v) is 4.10. The van der Waals surface area contributed by atoms with Crippen molar-refractivity contribution in [3.05, 3.63) is 0 Å². The van der Waals surface area contributed by atoms with Gasteiger partial charge in [0.1, 0.15) is 0 Å². The van der Waals surface area contributed by atoms with E-state index in [4.69, 9.17) is 0 Å². The average molecular weight is 282 g/mol. The van der Waals surface area contributed by atoms with Gasteiger partial charge in [-0.2, -0.15) is 0 Å². The Morgan fingerprint density at radius 1 is 1.10 bits per heavy atom. The molecule has 3 heteroatoms. The quantitative estimate of drug-likeness (QED) is 0.862. The number of hydrogen-bond donors (Lipinski definition) is 1. The van der Waals surface area contributed by atoms with Gasteiger partial charge in [0, 0.05) is 19.1 Å². The number of nitrogens with zero attached hydrogens (tertiary/aromatic N) is 2. The Morgan fingerprint density at radius 2 is 1.85 bits per heavy atom. The van der Waals surface area contributed by atoms with Gasteiger partial charge >= 0.3 is 0 Å². The van der Waals surface area contributed by atoms with Crippen molar-refractivity contribution in [1.82, 2.24) is 9.80 Å². The molecule has 3 unspecified atom stereocenters. The van der Waals surface area contributed by atoms with Gasteiger partial charge in [-0.3, -0.25) is 4.90 Å². The van der Waals surface area contributed by atoms with Gasteiger partial charge < -0.3 is 10.0 Å². The maximum atomic E-state index is 10.2. The van der Waals surface area contributed by atoms with E-state index < -0.39 is 0 Å². The Kier molecular flexibility index (Phi) is 5.49. The molecule has 1 aliphatic heterocycles. The Bertz CT molecular complexity index is 305. The molecular weight excluding hydrogens is 248 g/mol. The van der Waals surface area contributed by atoms with E-state index in [1.54, 1.807) is 0 Å². The van der Waals surface area contributed by atoms with Crippen LogP contribution in [0.4, 0.5) is 0 Å². The van der Waals surface area contributed by atoms with E-state index in [2.05, 4.69) is 37.6 Å². The lowest BCUT2D eigenvalue weighted by Gasteiger charge is -2.48. The van der Waals surface area contributed by atoms with Crippen LogP contribution in [-0.4, -0.2) is 60.3 Å². The Labute approximate surface area is 125 Å². The zero-order valence-corrected chi connectivity index (χ0v) is 13.9. The molecule has 0 amide bonds. The van der Waals surface area contributed by atoms with Gasteiger partial charge in [-0.25, -0.2) is 0 Å². The molecule has 118 valence electrons. The van der Waals surface area contributed by atoms with Crippen molar-refractivity contribution in [3.63, 3.8) is 0 Å². The van der Waals surface area contributed by atoms with Crippen molar-refractivity contribution in [2.24, 2.45) is 11.3 Å². The van der Waals surface area contributed by atoms with Crippen LogP contribution in [0.1, 0.15) is 52.9 Å². The Morgan fingerprint density at radius 3 is 2.55 bits per heavy atom. The predicted molar refractivity (Wildman–Crippen MR) is 84.9 cm³/mol. The minimum absolute atomic E-state index is 0.0788. The third-order valence-electron chi connectivity index (χ3n) is 5.93. The molecule has 1 saturated heterocycles. The van der Waals surface area contributed by atoms with Crippen LogP contribution in [-0.2, 0) is 0 Å². The number of rotatable bonds is 3. The molecule has 0 aromatic carbocycles. The maximum absolute atomic E-state index is 10.2. The van der Waals surface area contributed by atoms with Gasteiger partial charge in [0.25, 0.3) is 0 Å². The fourth-order valence-electron chi connectivity index (χ4n) is 4.10. The van der Waals surface area contributed by atoms with Crippen LogP contribution in [0.5, 0.6) is 0 Å². The normalized spacial score (nSPS) is 35.0. The van der Waals surface area contributed by atoms with Gasteiger partial charge in [-0.05, 0) is 57.2 Å². The van der Waals surface area contributed by atoms with E-state index >= 15 is 0 Å². The van der Waals surface area contributed by atoms with Crippen LogP contribution in [0, 0.1) is 11.3 Å². The second-order valence-corrected chi connectivity index (χ2v) is 7.68. The SMILES string of the molecule is CCC(C)(C)C1CCC(O)CC1N1CCCN(C)CC1. The lowest BCUT2D eigenvalue weighted by Crippen LogP contribution is -2.51. The molecular formula is C17H34N2O. The van der Waals surface area contributed by atoms with E-state index in [9.17, 15) is 5.11 Å². The molecule has 0 bridgehead atoms. The van der Waals surface area contributed by atoms with E-state index in [0.29, 0.717) is 11.5 Å². The summed E-state index contributed by atoms with van der Waals surface area (Å²) < 4.78 is 0. The summed E-state index contributed by atoms with van der Waals surface area (Å²) in [5, 5.41) is 10.2. The molecule has 2 fully saturated rings. The van der Waals surface area contributed by atoms with Crippen molar-refractivity contribution >= 4 is 0 Å². The van der Waals surface area contributed by atoms with Crippen molar-refractivity contribution in [1.29, 1.82) is 0 Å². The first-order chi connectivity index (χ1) is 9.44. The highest BCUT2D eigenvalue weighted by Crippen LogP contribution is 2.42. The first kappa shape index (κ1) is 16.3. The summed E-state index contributed by atoms with van der Waals surface area (Å²) in [7, 11) is 2.23. The lowest BCUT2D eigenvalue weighted by molar-refractivity contribution is -0.0167. The topological polar surface area (TPSA) is 26.7 Å². The van der Waals surface area contributed by atoms with Crippen LogP contribution in [0.25, 0.3) is 0 Å². The number of aliphatic hydroxyl groups is 1. The standard InChI is InChI=1S/C17H34N2O/c1-5-17(2,3)15-8-7-14(20)13-16(15)19-10-6-9-18(4)11-12-19/h14-16,20H,5-13H2,1-4H3. The summed E-state index contributed by atoms with van der Waals surface area (Å²) in [6.07, 6.45) is 5.60. The molecule has 0 spiro atoms. The summed E-state index contributed by atoms with van der Waals surface area (Å²) in [5.41, 5.74) is 0.392. The van der Waals surface area contributed by atoms with Crippen molar-refractivity contribution in [2.45, 2.75) is 65.0 Å². The second kappa shape index (κ2) is 6.76. The molecule has 3 atom stereocenters. The Hall–Kier alpha value is -0.120. The second-order valence-electron chi connectivity index (χ2n) is 7.68. The first-order valence-electron chi connectivity index (χ1n) is 8.54. The predicted octanol–water partition coefficient (Wildman–Crippen LogP) is 2.59. The molecule has 1 aliphatic carbocycles. The third kappa shape index (κ3) is 3.75. The van der Waals surface area contributed by atoms with Crippen LogP contribution in [0.3, 0.4) is 0 Å². The van der Waals surface area contributed by atoms with Crippen molar-refractivity contribution in [3.8, 4) is 0 Å². The van der Waals surface area contributed by atoms with Crippen LogP contribution < -0.4 is 0 Å². The zero-order valence-electron chi connectivity index (χ0n) is 13.9. The minimum Gasteiger partial charge on any atom is -0.393 e.